The average Bonchev–Trinajstić information content (AvgIpc) is 3.00. The monoisotopic (exact) mass is 1330 g/mol. The number of rotatable bonds is 15. The predicted molar refractivity (Wildman–Crippen MR) is 215 cm³/mol. The Kier molecular flexibility index (Phi) is 55.7. The smallest absolute Gasteiger partial charge is 0.0784 e. The van der Waals surface area contributed by atoms with Crippen molar-refractivity contribution in [1.29, 1.82) is 0 Å². The number of amides is 6. The van der Waals surface area contributed by atoms with Crippen LogP contribution in [0, 0.1) is 0 Å². The van der Waals surface area contributed by atoms with Crippen molar-refractivity contribution < 1.29 is 52.2 Å². The summed E-state index contributed by atoms with van der Waals surface area (Å²) in [5, 5.41) is 29.8. The fraction of sp³-hybridized carbons (Fsp3) is 0.727. The Labute approximate surface area is 335 Å². The molecule has 0 aliphatic rings. The van der Waals surface area contributed by atoms with E-state index in [1.54, 1.807) is 0 Å². The van der Waals surface area contributed by atoms with Gasteiger partial charge in [-0.05, 0) is 12.8 Å². The Morgan fingerprint density at radius 3 is 1.31 bits per heavy atom. The van der Waals surface area contributed by atoms with Gasteiger partial charge in [-0.25, -0.2) is 0 Å². The summed E-state index contributed by atoms with van der Waals surface area (Å²) in [5.74, 6) is -2.15. The maximum Gasteiger partial charge on any atom is 0.0784 e. The molecule has 0 radical (unpaired) electrons. The van der Waals surface area contributed by atoms with Crippen molar-refractivity contribution in [2.75, 3.05) is 40.3 Å². The summed E-state index contributed by atoms with van der Waals surface area (Å²) in [6.45, 7) is 3.26. The van der Waals surface area contributed by atoms with Crippen molar-refractivity contribution in [3.8, 4) is 0 Å². The van der Waals surface area contributed by atoms with Crippen molar-refractivity contribution in [3.05, 3.63) is 0 Å². The number of hydrogen-bond acceptors (Lipinski definition) is 11. The zero-order valence-corrected chi connectivity index (χ0v) is 38.5. The quantitative estimate of drug-likeness (QED) is 0.0694. The van der Waals surface area contributed by atoms with Gasteiger partial charge in [0.2, 0.25) is 35.4 Å². The van der Waals surface area contributed by atoms with E-state index in [4.69, 9.17) is 33.1 Å². The summed E-state index contributed by atoms with van der Waals surface area (Å²) in [5.41, 5.74) is 20.0. The molecular formula is C22H48I6N9O8-. The summed E-state index contributed by atoms with van der Waals surface area (Å²) < 4.78 is 0. The van der Waals surface area contributed by atoms with Crippen LogP contribution in [0.4, 0.5) is 0 Å². The van der Waals surface area contributed by atoms with Crippen LogP contribution >= 0.6 is 98.4 Å². The normalized spacial score (nSPS) is 11.2. The molecule has 0 aromatic rings. The van der Waals surface area contributed by atoms with Gasteiger partial charge >= 0.3 is 50.5 Å². The van der Waals surface area contributed by atoms with Gasteiger partial charge in [0, 0.05) is 104 Å². The van der Waals surface area contributed by atoms with Crippen LogP contribution in [0.2, 0.25) is 0 Å². The van der Waals surface area contributed by atoms with Crippen LogP contribution < -0.4 is 62.8 Å². The minimum Gasteiger partial charge on any atom is -0.390 e. The molecule has 23 heteroatoms. The van der Waals surface area contributed by atoms with Crippen LogP contribution in [-0.4, -0.2) is 110 Å². The fourth-order valence-electron chi connectivity index (χ4n) is 2.44. The molecule has 0 spiro atoms. The number of likely N-dealkylation sites (N-methyl/N-ethyl adjacent to an activating group) is 2. The second-order valence-corrected chi connectivity index (χ2v) is 24.4. The van der Waals surface area contributed by atoms with Crippen molar-refractivity contribution >= 4 is 134 Å². The van der Waals surface area contributed by atoms with Crippen LogP contribution in [-0.2, 0) is 28.8 Å². The molecule has 0 aromatic heterocycles. The Morgan fingerprint density at radius 1 is 0.733 bits per heavy atom. The number of halogens is 6. The van der Waals surface area contributed by atoms with Crippen molar-refractivity contribution in [2.45, 2.75) is 63.8 Å². The van der Waals surface area contributed by atoms with E-state index in [0.29, 0.717) is 13.3 Å². The number of aliphatic hydroxyl groups excluding tert-OH is 2. The SMILES string of the molecule is CNC(=O)[C@H](CCC(=O)NCC(O)CN)NC(C)=O.CNC(=O)[C@H](CCC(N)=O)NC(C)=O.I.II.I[I-]I.NCC(O)CN. The Balaban J connectivity index is -0.000000128. The van der Waals surface area contributed by atoms with E-state index in [1.807, 2.05) is 0 Å². The number of nitrogens with one attached hydrogen (secondary N) is 5. The van der Waals surface area contributed by atoms with Crippen LogP contribution in [0.3, 0.4) is 0 Å². The molecule has 0 bridgehead atoms. The molecule has 45 heavy (non-hydrogen) atoms. The molecule has 1 unspecified atom stereocenters. The maximum atomic E-state index is 11.5. The van der Waals surface area contributed by atoms with Gasteiger partial charge in [-0.3, -0.25) is 28.8 Å². The molecule has 0 saturated heterocycles. The molecule has 0 aromatic carbocycles. The summed E-state index contributed by atoms with van der Waals surface area (Å²) in [6.07, 6.45) is -0.758. The fourth-order valence-corrected chi connectivity index (χ4v) is 2.44. The Bertz CT molecular complexity index is 791. The third-order valence-electron chi connectivity index (χ3n) is 4.57. The first-order valence-electron chi connectivity index (χ1n) is 12.6. The molecule has 3 atom stereocenters. The molecule has 0 saturated carbocycles. The van der Waals surface area contributed by atoms with Gasteiger partial charge in [-0.1, -0.05) is 0 Å². The van der Waals surface area contributed by atoms with E-state index >= 15 is 0 Å². The zero-order valence-electron chi connectivity index (χ0n) is 25.4. The topological polar surface area (TPSA) is 307 Å². The molecule has 0 aliphatic heterocycles. The van der Waals surface area contributed by atoms with Crippen molar-refractivity contribution in [1.82, 2.24) is 26.6 Å². The van der Waals surface area contributed by atoms with Gasteiger partial charge in [0.25, 0.3) is 0 Å². The van der Waals surface area contributed by atoms with Crippen LogP contribution in [0.5, 0.6) is 0 Å². The minimum atomic E-state index is -0.783. The number of primary amides is 1. The summed E-state index contributed by atoms with van der Waals surface area (Å²) in [7, 11) is 2.91. The number of carbonyl (C=O) groups excluding carboxylic acids is 6. The van der Waals surface area contributed by atoms with Crippen molar-refractivity contribution in [2.24, 2.45) is 22.9 Å². The van der Waals surface area contributed by atoms with E-state index in [1.165, 1.54) is 27.9 Å². The predicted octanol–water partition coefficient (Wildman–Crippen LogP) is -4.61. The van der Waals surface area contributed by atoms with Gasteiger partial charge in [0.05, 0.1) is 12.2 Å². The van der Waals surface area contributed by atoms with E-state index in [2.05, 4.69) is 101 Å². The maximum absolute atomic E-state index is 11.5. The average molecular weight is 1330 g/mol. The standard InChI is InChI=1S/C11H22N4O4.C8H15N3O3.C3H10N2O.I3.I2.HI/c1-7(16)15-9(11(19)13-2)3-4-10(18)14-6-8(17)5-12;1-5(12)11-6(8(14)10-2)3-4-7(9)13;4-1-3(6)2-5;1-3-2;1-2;/h8-9,17H,3-6,12H2,1-2H3,(H,13,19)(H,14,18)(H,15,16);6H,3-4H2,1-2H3,(H2,9,13)(H,10,14)(H,11,12);3,6H,1-2,4-5H2;;;1H/q;;;-1;;/t8?,9-;6-;;;;/m00..../s1. The third kappa shape index (κ3) is 47.2. The van der Waals surface area contributed by atoms with Crippen molar-refractivity contribution in [3.63, 3.8) is 0 Å². The number of aliphatic hydroxyl groups is 2. The summed E-state index contributed by atoms with van der Waals surface area (Å²) >= 11 is 9.54. The summed E-state index contributed by atoms with van der Waals surface area (Å²) in [4.78, 5) is 66.2. The number of carbonyl (C=O) groups is 6. The third-order valence-corrected chi connectivity index (χ3v) is 4.57. The van der Waals surface area contributed by atoms with Crippen LogP contribution in [0.15, 0.2) is 0 Å². The molecule has 6 amide bonds. The second kappa shape index (κ2) is 43.0. The second-order valence-electron chi connectivity index (χ2n) is 8.15. The van der Waals surface area contributed by atoms with Crippen LogP contribution in [0.1, 0.15) is 39.5 Å². The zero-order chi connectivity index (χ0) is 35.7. The molecule has 272 valence electrons. The summed E-state index contributed by atoms with van der Waals surface area (Å²) in [6, 6.07) is -1.43. The minimum absolute atomic E-state index is 0. The van der Waals surface area contributed by atoms with Gasteiger partial charge in [0.15, 0.2) is 0 Å². The molecule has 0 aliphatic carbocycles. The van der Waals surface area contributed by atoms with E-state index in [9.17, 15) is 28.8 Å². The first-order chi connectivity index (χ1) is 20.6. The first kappa shape index (κ1) is 58.2. The largest absolute Gasteiger partial charge is 0.390 e. The molecule has 15 N–H and O–H groups in total. The number of nitrogens with two attached hydrogens (primary N) is 4. The van der Waals surface area contributed by atoms with E-state index in [0.717, 1.165) is 0 Å². The van der Waals surface area contributed by atoms with E-state index in [-0.39, 0.29) is 105 Å². The molecule has 0 rings (SSSR count). The van der Waals surface area contributed by atoms with Gasteiger partial charge < -0.3 is 59.7 Å². The van der Waals surface area contributed by atoms with Crippen LogP contribution in [0.25, 0.3) is 0 Å². The molecule has 17 nitrogen and oxygen atoms in total. The molecule has 0 fully saturated rings. The Morgan fingerprint density at radius 2 is 1.07 bits per heavy atom. The van der Waals surface area contributed by atoms with E-state index < -0.39 is 30.2 Å². The molecular weight excluding hydrogens is 1280 g/mol. The van der Waals surface area contributed by atoms with Gasteiger partial charge in [-0.15, -0.1) is 24.0 Å². The Hall–Kier alpha value is 1.000. The first-order valence-corrected chi connectivity index (χ1v) is 31.5. The van der Waals surface area contributed by atoms with Gasteiger partial charge in [0.1, 0.15) is 12.1 Å². The number of hydrogen-bond donors (Lipinski definition) is 11. The van der Waals surface area contributed by atoms with Gasteiger partial charge in [-0.2, -0.15) is 0 Å². The molecule has 0 heterocycles.